The van der Waals surface area contributed by atoms with Crippen molar-refractivity contribution in [3.8, 4) is 0 Å². The van der Waals surface area contributed by atoms with Gasteiger partial charge in [-0.3, -0.25) is 0 Å². The minimum atomic E-state index is -1.52. The SMILES string of the molecule is CC1(C)O[C@@H]2[C@@H]3O[C@]3(C)C3C(O[C@@H]4O[C@H](CO)[C@@H](O)[C@H](O)[C@H]4O)OCC[C@]32O1. The molecule has 10 nitrogen and oxygen atoms in total. The second-order valence-electron chi connectivity index (χ2n) is 9.02. The third kappa shape index (κ3) is 2.51. The highest BCUT2D eigenvalue weighted by Crippen LogP contribution is 2.67. The Balaban J connectivity index is 1.41. The van der Waals surface area contributed by atoms with Crippen molar-refractivity contribution in [3.05, 3.63) is 0 Å². The molecule has 4 aliphatic heterocycles. The minimum absolute atomic E-state index is 0.137. The summed E-state index contributed by atoms with van der Waals surface area (Å²) in [5.74, 6) is -1.10. The first-order chi connectivity index (χ1) is 13.1. The van der Waals surface area contributed by atoms with Crippen LogP contribution < -0.4 is 0 Å². The Morgan fingerprint density at radius 1 is 0.964 bits per heavy atom. The van der Waals surface area contributed by atoms with E-state index in [1.54, 1.807) is 0 Å². The van der Waals surface area contributed by atoms with Gasteiger partial charge in [0.25, 0.3) is 0 Å². The van der Waals surface area contributed by atoms with Crippen LogP contribution in [0.25, 0.3) is 0 Å². The maximum Gasteiger partial charge on any atom is 0.189 e. The van der Waals surface area contributed by atoms with Gasteiger partial charge in [0.1, 0.15) is 47.8 Å². The fourth-order valence-electron chi connectivity index (χ4n) is 5.55. The number of hydrogen-bond acceptors (Lipinski definition) is 10. The molecule has 1 spiro atoms. The van der Waals surface area contributed by atoms with Gasteiger partial charge < -0.3 is 48.8 Å². The van der Waals surface area contributed by atoms with Gasteiger partial charge in [-0.05, 0) is 20.8 Å². The summed E-state index contributed by atoms with van der Waals surface area (Å²) in [4.78, 5) is 0. The smallest absolute Gasteiger partial charge is 0.189 e. The van der Waals surface area contributed by atoms with Gasteiger partial charge in [0.05, 0.1) is 19.1 Å². The van der Waals surface area contributed by atoms with E-state index < -0.39 is 60.6 Å². The van der Waals surface area contributed by atoms with Crippen LogP contribution in [0.4, 0.5) is 0 Å². The highest BCUT2D eigenvalue weighted by Gasteiger charge is 2.84. The maximum absolute atomic E-state index is 10.3. The number of fused-ring (bicyclic) bond motifs is 3. The highest BCUT2D eigenvalue weighted by atomic mass is 16.8. The zero-order valence-corrected chi connectivity index (χ0v) is 16.1. The van der Waals surface area contributed by atoms with Crippen LogP contribution in [0.3, 0.4) is 0 Å². The summed E-state index contributed by atoms with van der Waals surface area (Å²) < 4.78 is 35.7. The molecule has 11 atom stereocenters. The molecular weight excluding hydrogens is 376 g/mol. The number of hydrogen-bond donors (Lipinski definition) is 4. The van der Waals surface area contributed by atoms with E-state index in [1.165, 1.54) is 0 Å². The first-order valence-electron chi connectivity index (χ1n) is 9.76. The van der Waals surface area contributed by atoms with Crippen LogP contribution in [0.2, 0.25) is 0 Å². The summed E-state index contributed by atoms with van der Waals surface area (Å²) in [7, 11) is 0. The van der Waals surface area contributed by atoms with Crippen LogP contribution in [0, 0.1) is 5.92 Å². The molecule has 0 bridgehead atoms. The van der Waals surface area contributed by atoms with E-state index in [2.05, 4.69) is 0 Å². The van der Waals surface area contributed by atoms with Gasteiger partial charge in [-0.25, -0.2) is 0 Å². The number of epoxide rings is 1. The van der Waals surface area contributed by atoms with Crippen molar-refractivity contribution in [2.24, 2.45) is 5.92 Å². The normalized spacial score (nSPS) is 59.5. The second-order valence-corrected chi connectivity index (χ2v) is 9.02. The van der Waals surface area contributed by atoms with Crippen LogP contribution in [-0.2, 0) is 28.4 Å². The fourth-order valence-corrected chi connectivity index (χ4v) is 5.55. The Hall–Kier alpha value is -0.400. The zero-order valence-electron chi connectivity index (χ0n) is 16.1. The van der Waals surface area contributed by atoms with Crippen molar-refractivity contribution in [3.63, 3.8) is 0 Å². The van der Waals surface area contributed by atoms with Gasteiger partial charge in [-0.1, -0.05) is 0 Å². The molecule has 4 N–H and O–H groups in total. The number of aliphatic hydroxyl groups is 4. The molecule has 160 valence electrons. The minimum Gasteiger partial charge on any atom is -0.394 e. The van der Waals surface area contributed by atoms with Gasteiger partial charge in [-0.2, -0.15) is 0 Å². The van der Waals surface area contributed by atoms with Crippen molar-refractivity contribution in [2.45, 2.75) is 93.4 Å². The summed E-state index contributed by atoms with van der Waals surface area (Å²) >= 11 is 0. The number of rotatable bonds is 3. The Bertz CT molecular complexity index is 642. The predicted octanol–water partition coefficient (Wildman–Crippen LogP) is -1.77. The topological polar surface area (TPSA) is 140 Å². The molecule has 0 aromatic heterocycles. The van der Waals surface area contributed by atoms with E-state index >= 15 is 0 Å². The molecule has 5 rings (SSSR count). The van der Waals surface area contributed by atoms with Gasteiger partial charge in [0, 0.05) is 6.42 Å². The fraction of sp³-hybridized carbons (Fsp3) is 1.00. The zero-order chi connectivity index (χ0) is 20.1. The molecule has 0 aromatic rings. The standard InChI is InChI=1S/C18H28O10/c1-16(2)26-13-12-17(3,27-12)11-15(23-5-4-18(11,13)28-16)25-14-10(22)9(21)8(20)7(6-19)24-14/h7-15,19-22H,4-6H2,1-3H3/t7-,8-,9+,10-,11?,12+,13-,14+,15?,17-,18+/m1/s1. The van der Waals surface area contributed by atoms with Gasteiger partial charge in [0.15, 0.2) is 18.4 Å². The summed E-state index contributed by atoms with van der Waals surface area (Å²) in [6.07, 6.45) is -7.41. The van der Waals surface area contributed by atoms with E-state index in [4.69, 9.17) is 28.4 Å². The average Bonchev–Trinajstić information content (AvgIpc) is 3.16. The van der Waals surface area contributed by atoms with Gasteiger partial charge in [-0.15, -0.1) is 0 Å². The van der Waals surface area contributed by atoms with Crippen LogP contribution in [0.15, 0.2) is 0 Å². The lowest BCUT2D eigenvalue weighted by atomic mass is 9.79. The maximum atomic E-state index is 10.3. The molecule has 4 saturated heterocycles. The first kappa shape index (κ1) is 19.6. The third-order valence-corrected chi connectivity index (χ3v) is 6.80. The lowest BCUT2D eigenvalue weighted by Gasteiger charge is -2.47. The lowest BCUT2D eigenvalue weighted by Crippen LogP contribution is -2.62. The largest absolute Gasteiger partial charge is 0.394 e. The van der Waals surface area contributed by atoms with Crippen molar-refractivity contribution < 1.29 is 48.8 Å². The molecule has 0 radical (unpaired) electrons. The van der Waals surface area contributed by atoms with E-state index in [0.29, 0.717) is 13.0 Å². The summed E-state index contributed by atoms with van der Waals surface area (Å²) in [5, 5.41) is 39.7. The first-order valence-corrected chi connectivity index (χ1v) is 9.76. The monoisotopic (exact) mass is 404 g/mol. The Labute approximate surface area is 162 Å². The van der Waals surface area contributed by atoms with Crippen LogP contribution in [0.1, 0.15) is 27.2 Å². The summed E-state index contributed by atoms with van der Waals surface area (Å²) in [5.41, 5.74) is -1.20. The molecule has 28 heavy (non-hydrogen) atoms. The van der Waals surface area contributed by atoms with Gasteiger partial charge >= 0.3 is 0 Å². The molecule has 5 aliphatic rings. The molecule has 1 saturated carbocycles. The molecule has 2 unspecified atom stereocenters. The molecule has 10 heteroatoms. The second kappa shape index (κ2) is 6.07. The van der Waals surface area contributed by atoms with E-state index in [0.717, 1.165) is 0 Å². The van der Waals surface area contributed by atoms with Crippen molar-refractivity contribution in [1.82, 2.24) is 0 Å². The Kier molecular flexibility index (Phi) is 4.24. The van der Waals surface area contributed by atoms with E-state index in [9.17, 15) is 20.4 Å². The van der Waals surface area contributed by atoms with Gasteiger partial charge in [0.2, 0.25) is 0 Å². The molecule has 4 heterocycles. The van der Waals surface area contributed by atoms with E-state index in [1.807, 2.05) is 20.8 Å². The molecule has 5 fully saturated rings. The van der Waals surface area contributed by atoms with Crippen molar-refractivity contribution >= 4 is 0 Å². The van der Waals surface area contributed by atoms with E-state index in [-0.39, 0.29) is 18.1 Å². The van der Waals surface area contributed by atoms with Crippen LogP contribution in [-0.4, -0.2) is 99.8 Å². The van der Waals surface area contributed by atoms with Crippen LogP contribution in [0.5, 0.6) is 0 Å². The number of aliphatic hydroxyl groups excluding tert-OH is 4. The third-order valence-electron chi connectivity index (χ3n) is 6.80. The van der Waals surface area contributed by atoms with Crippen molar-refractivity contribution in [1.29, 1.82) is 0 Å². The Morgan fingerprint density at radius 3 is 2.43 bits per heavy atom. The number of ether oxygens (including phenoxy) is 6. The van der Waals surface area contributed by atoms with Crippen molar-refractivity contribution in [2.75, 3.05) is 13.2 Å². The molecule has 0 aromatic carbocycles. The lowest BCUT2D eigenvalue weighted by molar-refractivity contribution is -0.365. The average molecular weight is 404 g/mol. The quantitative estimate of drug-likeness (QED) is 0.400. The summed E-state index contributed by atoms with van der Waals surface area (Å²) in [6.45, 7) is 5.51. The predicted molar refractivity (Wildman–Crippen MR) is 88.7 cm³/mol. The van der Waals surface area contributed by atoms with Crippen LogP contribution >= 0.6 is 0 Å². The highest BCUT2D eigenvalue weighted by molar-refractivity contribution is 5.28. The molecule has 0 amide bonds. The Morgan fingerprint density at radius 2 is 1.71 bits per heavy atom. The summed E-state index contributed by atoms with van der Waals surface area (Å²) in [6, 6.07) is 0. The molecular formula is C18H28O10. The molecule has 1 aliphatic carbocycles.